The fraction of sp³-hybridized carbons (Fsp3) is 0.562. The Balaban J connectivity index is 1.80. The van der Waals surface area contributed by atoms with Gasteiger partial charge in [-0.15, -0.1) is 0 Å². The van der Waals surface area contributed by atoms with E-state index in [1.54, 1.807) is 0 Å². The molecule has 1 saturated heterocycles. The Morgan fingerprint density at radius 2 is 2.20 bits per heavy atom. The molecule has 0 radical (unpaired) electrons. The Hall–Kier alpha value is -1.39. The van der Waals surface area contributed by atoms with Crippen molar-refractivity contribution in [2.24, 2.45) is 11.8 Å². The summed E-state index contributed by atoms with van der Waals surface area (Å²) in [5.41, 5.74) is 2.18. The smallest absolute Gasteiger partial charge is 0.127 e. The van der Waals surface area contributed by atoms with Crippen LogP contribution in [0.1, 0.15) is 31.1 Å². The molecule has 4 rings (SSSR count). The average molecular weight is 271 g/mol. The SMILES string of the molecule is OCCn1c(C2NCC3CCCC32)nc2ccccc21. The fourth-order valence-corrected chi connectivity index (χ4v) is 4.14. The lowest BCUT2D eigenvalue weighted by Crippen LogP contribution is -2.23. The van der Waals surface area contributed by atoms with Gasteiger partial charge in [-0.1, -0.05) is 18.6 Å². The molecule has 1 aromatic carbocycles. The minimum absolute atomic E-state index is 0.161. The first kappa shape index (κ1) is 12.4. The Labute approximate surface area is 118 Å². The third-order valence-electron chi connectivity index (χ3n) is 5.03. The van der Waals surface area contributed by atoms with Gasteiger partial charge in [0.1, 0.15) is 5.82 Å². The van der Waals surface area contributed by atoms with Gasteiger partial charge in [-0.2, -0.15) is 0 Å². The lowest BCUT2D eigenvalue weighted by molar-refractivity contribution is 0.272. The average Bonchev–Trinajstić information content (AvgIpc) is 3.13. The van der Waals surface area contributed by atoms with E-state index in [9.17, 15) is 5.11 Å². The Bertz CT molecular complexity index is 621. The van der Waals surface area contributed by atoms with Crippen LogP contribution in [0.2, 0.25) is 0 Å². The highest BCUT2D eigenvalue weighted by atomic mass is 16.3. The summed E-state index contributed by atoms with van der Waals surface area (Å²) < 4.78 is 2.20. The van der Waals surface area contributed by atoms with Crippen LogP contribution in [0.3, 0.4) is 0 Å². The van der Waals surface area contributed by atoms with Gasteiger partial charge in [0.2, 0.25) is 0 Å². The second-order valence-electron chi connectivity index (χ2n) is 6.07. The van der Waals surface area contributed by atoms with Gasteiger partial charge in [0.25, 0.3) is 0 Å². The molecule has 2 aromatic rings. The number of para-hydroxylation sites is 2. The number of aliphatic hydroxyl groups excluding tert-OH is 1. The van der Waals surface area contributed by atoms with Gasteiger partial charge in [0, 0.05) is 6.54 Å². The zero-order valence-corrected chi connectivity index (χ0v) is 11.6. The number of nitrogens with one attached hydrogen (secondary N) is 1. The van der Waals surface area contributed by atoms with Crippen molar-refractivity contribution >= 4 is 11.0 Å². The van der Waals surface area contributed by atoms with E-state index in [-0.39, 0.29) is 6.61 Å². The second-order valence-corrected chi connectivity index (χ2v) is 6.07. The third kappa shape index (κ3) is 1.79. The van der Waals surface area contributed by atoms with Gasteiger partial charge in [0.05, 0.1) is 23.7 Å². The van der Waals surface area contributed by atoms with E-state index in [0.717, 1.165) is 35.2 Å². The van der Waals surface area contributed by atoms with Crippen molar-refractivity contribution in [3.05, 3.63) is 30.1 Å². The van der Waals surface area contributed by atoms with E-state index in [1.165, 1.54) is 19.3 Å². The van der Waals surface area contributed by atoms with Crippen LogP contribution in [0.25, 0.3) is 11.0 Å². The molecular weight excluding hydrogens is 250 g/mol. The van der Waals surface area contributed by atoms with Crippen LogP contribution in [0.5, 0.6) is 0 Å². The van der Waals surface area contributed by atoms with E-state index < -0.39 is 0 Å². The maximum atomic E-state index is 9.38. The largest absolute Gasteiger partial charge is 0.395 e. The van der Waals surface area contributed by atoms with Crippen LogP contribution in [-0.2, 0) is 6.54 Å². The first-order valence-electron chi connectivity index (χ1n) is 7.68. The highest BCUT2D eigenvalue weighted by molar-refractivity contribution is 5.76. The Morgan fingerprint density at radius 3 is 3.10 bits per heavy atom. The second kappa shape index (κ2) is 4.86. The molecule has 3 atom stereocenters. The van der Waals surface area contributed by atoms with Crippen LogP contribution in [0, 0.1) is 11.8 Å². The number of rotatable bonds is 3. The predicted molar refractivity (Wildman–Crippen MR) is 78.4 cm³/mol. The standard InChI is InChI=1S/C16H21N3O/c20-9-8-19-14-7-2-1-6-13(14)18-16(19)15-12-5-3-4-11(12)10-17-15/h1-2,6-7,11-12,15,17,20H,3-5,8-10H2. The molecule has 4 heteroatoms. The van der Waals surface area contributed by atoms with Crippen LogP contribution < -0.4 is 5.32 Å². The van der Waals surface area contributed by atoms with Crippen molar-refractivity contribution in [2.75, 3.05) is 13.2 Å². The zero-order chi connectivity index (χ0) is 13.5. The molecule has 4 nitrogen and oxygen atoms in total. The monoisotopic (exact) mass is 271 g/mol. The highest BCUT2D eigenvalue weighted by Crippen LogP contribution is 2.44. The van der Waals surface area contributed by atoms with Crippen LogP contribution in [0.4, 0.5) is 0 Å². The number of hydrogen-bond acceptors (Lipinski definition) is 3. The number of imidazole rings is 1. The Kier molecular flexibility index (Phi) is 3.00. The maximum absolute atomic E-state index is 9.38. The summed E-state index contributed by atoms with van der Waals surface area (Å²) in [5.74, 6) is 2.67. The first-order valence-corrected chi connectivity index (χ1v) is 7.68. The summed E-state index contributed by atoms with van der Waals surface area (Å²) in [5, 5.41) is 13.1. The van der Waals surface area contributed by atoms with Crippen LogP contribution in [0.15, 0.2) is 24.3 Å². The van der Waals surface area contributed by atoms with E-state index in [4.69, 9.17) is 4.98 Å². The number of aliphatic hydroxyl groups is 1. The molecule has 1 aliphatic heterocycles. The zero-order valence-electron chi connectivity index (χ0n) is 11.6. The number of fused-ring (bicyclic) bond motifs is 2. The molecule has 3 unspecified atom stereocenters. The molecule has 1 saturated carbocycles. The molecule has 106 valence electrons. The Morgan fingerprint density at radius 1 is 1.30 bits per heavy atom. The number of aromatic nitrogens is 2. The van der Waals surface area contributed by atoms with Gasteiger partial charge >= 0.3 is 0 Å². The van der Waals surface area contributed by atoms with Gasteiger partial charge in [0.15, 0.2) is 0 Å². The fourth-order valence-electron chi connectivity index (χ4n) is 4.14. The minimum Gasteiger partial charge on any atom is -0.395 e. The summed E-state index contributed by atoms with van der Waals surface area (Å²) in [6.45, 7) is 1.91. The molecule has 0 bridgehead atoms. The lowest BCUT2D eigenvalue weighted by Gasteiger charge is -2.19. The van der Waals surface area contributed by atoms with E-state index in [2.05, 4.69) is 22.0 Å². The van der Waals surface area contributed by atoms with E-state index in [0.29, 0.717) is 12.6 Å². The number of nitrogens with zero attached hydrogens (tertiary/aromatic N) is 2. The summed E-state index contributed by atoms with van der Waals surface area (Å²) in [7, 11) is 0. The summed E-state index contributed by atoms with van der Waals surface area (Å²) >= 11 is 0. The molecule has 2 heterocycles. The van der Waals surface area contributed by atoms with Crippen molar-refractivity contribution in [3.8, 4) is 0 Å². The molecule has 0 spiro atoms. The van der Waals surface area contributed by atoms with Crippen molar-refractivity contribution in [1.82, 2.24) is 14.9 Å². The van der Waals surface area contributed by atoms with Gasteiger partial charge in [-0.25, -0.2) is 4.98 Å². The normalized spacial score (nSPS) is 29.1. The van der Waals surface area contributed by atoms with E-state index >= 15 is 0 Å². The molecule has 2 fully saturated rings. The quantitative estimate of drug-likeness (QED) is 0.898. The van der Waals surface area contributed by atoms with Gasteiger partial charge < -0.3 is 15.0 Å². The molecule has 1 aromatic heterocycles. The van der Waals surface area contributed by atoms with Crippen molar-refractivity contribution in [1.29, 1.82) is 0 Å². The lowest BCUT2D eigenvalue weighted by atomic mass is 9.93. The first-order chi connectivity index (χ1) is 9.88. The molecule has 2 N–H and O–H groups in total. The summed E-state index contributed by atoms with van der Waals surface area (Å²) in [4.78, 5) is 4.86. The third-order valence-corrected chi connectivity index (χ3v) is 5.03. The topological polar surface area (TPSA) is 50.1 Å². The minimum atomic E-state index is 0.161. The van der Waals surface area contributed by atoms with Crippen molar-refractivity contribution in [2.45, 2.75) is 31.8 Å². The van der Waals surface area contributed by atoms with Gasteiger partial charge in [-0.3, -0.25) is 0 Å². The van der Waals surface area contributed by atoms with Crippen molar-refractivity contribution in [3.63, 3.8) is 0 Å². The van der Waals surface area contributed by atoms with Crippen molar-refractivity contribution < 1.29 is 5.11 Å². The molecular formula is C16H21N3O. The number of hydrogen-bond donors (Lipinski definition) is 2. The summed E-state index contributed by atoms with van der Waals surface area (Å²) in [6, 6.07) is 8.60. The predicted octanol–water partition coefficient (Wildman–Crippen LogP) is 2.09. The molecule has 2 aliphatic rings. The maximum Gasteiger partial charge on any atom is 0.127 e. The molecule has 20 heavy (non-hydrogen) atoms. The summed E-state index contributed by atoms with van der Waals surface area (Å²) in [6.07, 6.45) is 4.02. The molecule has 0 amide bonds. The molecule has 1 aliphatic carbocycles. The number of benzene rings is 1. The van der Waals surface area contributed by atoms with Crippen LogP contribution in [-0.4, -0.2) is 27.8 Å². The highest BCUT2D eigenvalue weighted by Gasteiger charge is 2.41. The van der Waals surface area contributed by atoms with E-state index in [1.807, 2.05) is 12.1 Å². The van der Waals surface area contributed by atoms with Gasteiger partial charge in [-0.05, 0) is 43.4 Å². The van der Waals surface area contributed by atoms with Crippen LogP contribution >= 0.6 is 0 Å².